The van der Waals surface area contributed by atoms with Crippen molar-refractivity contribution in [3.05, 3.63) is 57.1 Å². The molecule has 0 N–H and O–H groups in total. The Kier molecular flexibility index (Phi) is 4.02. The molecule has 0 radical (unpaired) electrons. The highest BCUT2D eigenvalue weighted by Crippen LogP contribution is 2.47. The number of alkyl halides is 2. The summed E-state index contributed by atoms with van der Waals surface area (Å²) in [5, 5.41) is 1.42. The molecule has 0 aromatic heterocycles. The van der Waals surface area contributed by atoms with Crippen LogP contribution in [0.5, 0.6) is 0 Å². The summed E-state index contributed by atoms with van der Waals surface area (Å²) in [6.45, 7) is 0. The summed E-state index contributed by atoms with van der Waals surface area (Å²) in [7, 11) is 0. The topological polar surface area (TPSA) is 0 Å². The summed E-state index contributed by atoms with van der Waals surface area (Å²) in [4.78, 5) is 0. The lowest BCUT2D eigenvalue weighted by molar-refractivity contribution is 0.798. The van der Waals surface area contributed by atoms with E-state index in [1.807, 2.05) is 12.1 Å². The van der Waals surface area contributed by atoms with Gasteiger partial charge in [-0.15, -0.1) is 0 Å². The zero-order valence-electron chi connectivity index (χ0n) is 8.43. The third-order valence-corrected chi connectivity index (χ3v) is 4.15. The van der Waals surface area contributed by atoms with E-state index in [4.69, 9.17) is 58.0 Å². The van der Waals surface area contributed by atoms with Crippen LogP contribution < -0.4 is 0 Å². The van der Waals surface area contributed by atoms with Crippen molar-refractivity contribution in [2.75, 3.05) is 0 Å². The average Bonchev–Trinajstić information content (AvgIpc) is 2.23. The third kappa shape index (κ3) is 2.94. The fourth-order valence-corrected chi connectivity index (χ4v) is 3.01. The SMILES string of the molecule is ClC1=CC(c2cccc(Cl)c2)C(Cl)(Cl)C=C1Cl. The first-order valence-corrected chi connectivity index (χ1v) is 6.68. The van der Waals surface area contributed by atoms with Crippen molar-refractivity contribution in [1.29, 1.82) is 0 Å². The molecule has 17 heavy (non-hydrogen) atoms. The summed E-state index contributed by atoms with van der Waals surface area (Å²) in [6.07, 6.45) is 3.27. The Bertz CT molecular complexity index is 501. The van der Waals surface area contributed by atoms with Gasteiger partial charge in [0.25, 0.3) is 0 Å². The Morgan fingerprint density at radius 1 is 1.00 bits per heavy atom. The van der Waals surface area contributed by atoms with Gasteiger partial charge in [-0.1, -0.05) is 76.2 Å². The van der Waals surface area contributed by atoms with E-state index in [2.05, 4.69) is 0 Å². The first-order valence-electron chi connectivity index (χ1n) is 4.79. The van der Waals surface area contributed by atoms with Crippen LogP contribution in [0, 0.1) is 0 Å². The maximum Gasteiger partial charge on any atom is 0.148 e. The number of allylic oxidation sites excluding steroid dienone is 4. The van der Waals surface area contributed by atoms with Gasteiger partial charge in [0, 0.05) is 10.9 Å². The average molecular weight is 328 g/mol. The van der Waals surface area contributed by atoms with Crippen LogP contribution in [-0.2, 0) is 0 Å². The molecule has 0 fully saturated rings. The fraction of sp³-hybridized carbons (Fsp3) is 0.167. The smallest absolute Gasteiger partial charge is 0.0959 e. The monoisotopic (exact) mass is 326 g/mol. The van der Waals surface area contributed by atoms with E-state index < -0.39 is 4.33 Å². The molecule has 1 atom stereocenters. The molecule has 0 bridgehead atoms. The Balaban J connectivity index is 2.46. The Morgan fingerprint density at radius 3 is 2.35 bits per heavy atom. The van der Waals surface area contributed by atoms with E-state index >= 15 is 0 Å². The molecule has 0 saturated carbocycles. The Morgan fingerprint density at radius 2 is 1.71 bits per heavy atom. The number of rotatable bonds is 1. The number of hydrogen-bond acceptors (Lipinski definition) is 0. The summed E-state index contributed by atoms with van der Waals surface area (Å²) < 4.78 is -1.12. The van der Waals surface area contributed by atoms with Gasteiger partial charge in [0.05, 0.1) is 10.1 Å². The lowest BCUT2D eigenvalue weighted by Gasteiger charge is -2.29. The van der Waals surface area contributed by atoms with Crippen LogP contribution in [0.3, 0.4) is 0 Å². The molecule has 1 unspecified atom stereocenters. The highest BCUT2D eigenvalue weighted by Gasteiger charge is 2.36. The number of benzene rings is 1. The normalized spacial score (nSPS) is 23.0. The predicted octanol–water partition coefficient (Wildman–Crippen LogP) is 5.86. The van der Waals surface area contributed by atoms with Crippen molar-refractivity contribution < 1.29 is 0 Å². The van der Waals surface area contributed by atoms with E-state index in [1.165, 1.54) is 6.08 Å². The lowest BCUT2D eigenvalue weighted by Crippen LogP contribution is -2.23. The molecule has 1 aliphatic rings. The van der Waals surface area contributed by atoms with Crippen molar-refractivity contribution in [3.8, 4) is 0 Å². The van der Waals surface area contributed by atoms with Gasteiger partial charge in [0.15, 0.2) is 0 Å². The van der Waals surface area contributed by atoms with Crippen LogP contribution in [-0.4, -0.2) is 4.33 Å². The highest BCUT2D eigenvalue weighted by atomic mass is 35.5. The van der Waals surface area contributed by atoms with Gasteiger partial charge >= 0.3 is 0 Å². The van der Waals surface area contributed by atoms with Gasteiger partial charge < -0.3 is 0 Å². The molecule has 0 heterocycles. The predicted molar refractivity (Wildman–Crippen MR) is 76.5 cm³/mol. The molecule has 1 aromatic rings. The Labute approximate surface area is 125 Å². The van der Waals surface area contributed by atoms with E-state index in [1.54, 1.807) is 18.2 Å². The third-order valence-electron chi connectivity index (χ3n) is 2.48. The summed E-state index contributed by atoms with van der Waals surface area (Å²) in [5.74, 6) is -0.278. The molecular weight excluding hydrogens is 321 g/mol. The maximum absolute atomic E-state index is 6.24. The van der Waals surface area contributed by atoms with Crippen molar-refractivity contribution in [2.24, 2.45) is 0 Å². The second kappa shape index (κ2) is 5.03. The summed E-state index contributed by atoms with van der Waals surface area (Å²) >= 11 is 30.3. The number of hydrogen-bond donors (Lipinski definition) is 0. The van der Waals surface area contributed by atoms with E-state index in [-0.39, 0.29) is 5.92 Å². The van der Waals surface area contributed by atoms with Crippen LogP contribution in [0.4, 0.5) is 0 Å². The second-order valence-corrected chi connectivity index (χ2v) is 6.41. The largest absolute Gasteiger partial charge is 0.148 e. The second-order valence-electron chi connectivity index (χ2n) is 3.71. The van der Waals surface area contributed by atoms with E-state index in [0.717, 1.165) is 5.56 Å². The minimum absolute atomic E-state index is 0.278. The van der Waals surface area contributed by atoms with Gasteiger partial charge in [0.2, 0.25) is 0 Å². The van der Waals surface area contributed by atoms with Gasteiger partial charge in [-0.25, -0.2) is 0 Å². The molecule has 0 amide bonds. The Hall–Kier alpha value is 0.150. The van der Waals surface area contributed by atoms with Gasteiger partial charge in [-0.05, 0) is 23.8 Å². The molecule has 0 aliphatic heterocycles. The van der Waals surface area contributed by atoms with Crippen LogP contribution in [0.1, 0.15) is 11.5 Å². The molecule has 5 heteroatoms. The summed E-state index contributed by atoms with van der Waals surface area (Å²) in [5.41, 5.74) is 0.890. The molecule has 0 saturated heterocycles. The lowest BCUT2D eigenvalue weighted by atomic mass is 9.91. The molecule has 2 rings (SSSR count). The minimum Gasteiger partial charge on any atom is -0.0959 e. The molecule has 0 spiro atoms. The molecular formula is C12H7Cl5. The van der Waals surface area contributed by atoms with E-state index in [0.29, 0.717) is 15.1 Å². The van der Waals surface area contributed by atoms with Gasteiger partial charge in [-0.3, -0.25) is 0 Å². The first kappa shape index (κ1) is 13.6. The van der Waals surface area contributed by atoms with Crippen molar-refractivity contribution in [3.63, 3.8) is 0 Å². The zero-order valence-corrected chi connectivity index (χ0v) is 12.2. The molecule has 1 aliphatic carbocycles. The zero-order chi connectivity index (χ0) is 12.6. The quantitative estimate of drug-likeness (QED) is 0.567. The molecule has 0 nitrogen and oxygen atoms in total. The molecule has 90 valence electrons. The first-order chi connectivity index (χ1) is 7.90. The van der Waals surface area contributed by atoms with Crippen molar-refractivity contribution in [2.45, 2.75) is 10.3 Å². The van der Waals surface area contributed by atoms with Crippen LogP contribution in [0.15, 0.2) is 46.5 Å². The highest BCUT2D eigenvalue weighted by molar-refractivity contribution is 6.53. The maximum atomic E-state index is 6.24. The van der Waals surface area contributed by atoms with Crippen molar-refractivity contribution in [1.82, 2.24) is 0 Å². The molecule has 1 aromatic carbocycles. The van der Waals surface area contributed by atoms with E-state index in [9.17, 15) is 0 Å². The van der Waals surface area contributed by atoms with Crippen molar-refractivity contribution >= 4 is 58.0 Å². The van der Waals surface area contributed by atoms with Gasteiger partial charge in [0.1, 0.15) is 4.33 Å². The fourth-order valence-electron chi connectivity index (χ4n) is 1.68. The van der Waals surface area contributed by atoms with Crippen LogP contribution in [0.25, 0.3) is 0 Å². The van der Waals surface area contributed by atoms with Gasteiger partial charge in [-0.2, -0.15) is 0 Å². The summed E-state index contributed by atoms with van der Waals surface area (Å²) in [6, 6.07) is 7.32. The van der Waals surface area contributed by atoms with Crippen LogP contribution >= 0.6 is 58.0 Å². The van der Waals surface area contributed by atoms with Crippen LogP contribution in [0.2, 0.25) is 5.02 Å². The standard InChI is InChI=1S/C12H7Cl5/c13-8-3-1-2-7(4-8)9-5-10(14)11(15)6-12(9,16)17/h1-6,9H. The minimum atomic E-state index is -1.12. The number of halogens is 5.